The molecule has 0 aliphatic rings. The van der Waals surface area contributed by atoms with Crippen molar-refractivity contribution >= 4 is 11.6 Å². The van der Waals surface area contributed by atoms with Crippen LogP contribution in [0.25, 0.3) is 0 Å². The van der Waals surface area contributed by atoms with Gasteiger partial charge in [-0.15, -0.1) is 0 Å². The largest absolute Gasteiger partial charge is 0.320 e. The minimum Gasteiger partial charge on any atom is -0.320 e. The smallest absolute Gasteiger partial charge is 0.257 e. The molecule has 1 aromatic carbocycles. The summed E-state index contributed by atoms with van der Waals surface area (Å²) in [6, 6.07) is 4.24. The molecule has 0 unspecified atom stereocenters. The van der Waals surface area contributed by atoms with Crippen LogP contribution in [0.5, 0.6) is 0 Å². The van der Waals surface area contributed by atoms with E-state index in [1.54, 1.807) is 0 Å². The molecule has 2 rings (SSSR count). The lowest BCUT2D eigenvalue weighted by atomic mass is 10.1. The quantitative estimate of drug-likeness (QED) is 0.829. The third-order valence-electron chi connectivity index (χ3n) is 2.57. The summed E-state index contributed by atoms with van der Waals surface area (Å²) in [6.45, 7) is 0.133. The van der Waals surface area contributed by atoms with E-state index in [1.165, 1.54) is 18.5 Å². The molecule has 0 fully saturated rings. The van der Waals surface area contributed by atoms with E-state index in [4.69, 9.17) is 5.73 Å². The first-order chi connectivity index (χ1) is 10.1. The SMILES string of the molecule is NCC#Cc1cnccc1C(=O)Nc1cc(F)ccc1F. The molecule has 21 heavy (non-hydrogen) atoms. The Balaban J connectivity index is 2.31. The van der Waals surface area contributed by atoms with Crippen molar-refractivity contribution in [1.82, 2.24) is 4.98 Å². The molecule has 1 aromatic heterocycles. The van der Waals surface area contributed by atoms with Gasteiger partial charge in [0.15, 0.2) is 0 Å². The molecular weight excluding hydrogens is 276 g/mol. The van der Waals surface area contributed by atoms with Gasteiger partial charge in [-0.2, -0.15) is 0 Å². The number of nitrogens with zero attached hydrogens (tertiary/aromatic N) is 1. The van der Waals surface area contributed by atoms with Crippen LogP contribution < -0.4 is 11.1 Å². The van der Waals surface area contributed by atoms with Crippen LogP contribution in [0.3, 0.4) is 0 Å². The Morgan fingerprint density at radius 1 is 1.33 bits per heavy atom. The molecule has 106 valence electrons. The van der Waals surface area contributed by atoms with E-state index in [0.717, 1.165) is 18.2 Å². The van der Waals surface area contributed by atoms with E-state index in [2.05, 4.69) is 22.1 Å². The highest BCUT2D eigenvalue weighted by Gasteiger charge is 2.13. The lowest BCUT2D eigenvalue weighted by molar-refractivity contribution is 0.102. The van der Waals surface area contributed by atoms with Crippen LogP contribution in [0.4, 0.5) is 14.5 Å². The predicted octanol–water partition coefficient (Wildman–Crippen LogP) is 1.92. The molecule has 0 atom stereocenters. The van der Waals surface area contributed by atoms with E-state index in [-0.39, 0.29) is 17.8 Å². The van der Waals surface area contributed by atoms with Gasteiger partial charge >= 0.3 is 0 Å². The van der Waals surface area contributed by atoms with Crippen molar-refractivity contribution in [1.29, 1.82) is 0 Å². The van der Waals surface area contributed by atoms with Crippen LogP contribution in [0.2, 0.25) is 0 Å². The number of nitrogens with two attached hydrogens (primary N) is 1. The molecule has 0 bridgehead atoms. The molecule has 0 saturated carbocycles. The summed E-state index contributed by atoms with van der Waals surface area (Å²) >= 11 is 0. The topological polar surface area (TPSA) is 68.0 Å². The normalized spacial score (nSPS) is 9.67. The van der Waals surface area contributed by atoms with Gasteiger partial charge < -0.3 is 11.1 Å². The van der Waals surface area contributed by atoms with Crippen molar-refractivity contribution in [2.24, 2.45) is 5.73 Å². The molecular formula is C15H11F2N3O. The Morgan fingerprint density at radius 2 is 2.14 bits per heavy atom. The first-order valence-corrected chi connectivity index (χ1v) is 6.01. The third kappa shape index (κ3) is 3.61. The van der Waals surface area contributed by atoms with Gasteiger partial charge in [-0.3, -0.25) is 9.78 Å². The maximum Gasteiger partial charge on any atom is 0.257 e. The van der Waals surface area contributed by atoms with Crippen LogP contribution in [0.15, 0.2) is 36.7 Å². The van der Waals surface area contributed by atoms with Crippen LogP contribution in [-0.2, 0) is 0 Å². The number of carbonyl (C=O) groups excluding carboxylic acids is 1. The minimum atomic E-state index is -0.728. The Morgan fingerprint density at radius 3 is 2.90 bits per heavy atom. The number of carbonyl (C=O) groups is 1. The van der Waals surface area contributed by atoms with E-state index in [1.807, 2.05) is 0 Å². The van der Waals surface area contributed by atoms with Gasteiger partial charge in [-0.25, -0.2) is 8.78 Å². The molecule has 0 saturated heterocycles. The molecule has 1 heterocycles. The van der Waals surface area contributed by atoms with E-state index in [9.17, 15) is 13.6 Å². The zero-order chi connectivity index (χ0) is 15.2. The summed E-state index contributed by atoms with van der Waals surface area (Å²) < 4.78 is 26.6. The fraction of sp³-hybridized carbons (Fsp3) is 0.0667. The predicted molar refractivity (Wildman–Crippen MR) is 74.5 cm³/mol. The Labute approximate surface area is 120 Å². The summed E-state index contributed by atoms with van der Waals surface area (Å²) in [7, 11) is 0. The van der Waals surface area contributed by atoms with Crippen LogP contribution >= 0.6 is 0 Å². The second kappa shape index (κ2) is 6.59. The third-order valence-corrected chi connectivity index (χ3v) is 2.57. The Bertz CT molecular complexity index is 735. The molecule has 1 amide bonds. The van der Waals surface area contributed by atoms with E-state index < -0.39 is 17.5 Å². The minimum absolute atomic E-state index is 0.133. The second-order valence-electron chi connectivity index (χ2n) is 4.01. The molecule has 0 radical (unpaired) electrons. The zero-order valence-electron chi connectivity index (χ0n) is 10.9. The van der Waals surface area contributed by atoms with Gasteiger partial charge in [0, 0.05) is 18.5 Å². The Kier molecular flexibility index (Phi) is 4.59. The maximum atomic E-state index is 13.5. The number of aromatic nitrogens is 1. The van der Waals surface area contributed by atoms with Crippen molar-refractivity contribution in [3.8, 4) is 11.8 Å². The van der Waals surface area contributed by atoms with Gasteiger partial charge in [0.25, 0.3) is 5.91 Å². The van der Waals surface area contributed by atoms with Crippen LogP contribution in [0.1, 0.15) is 15.9 Å². The Hall–Kier alpha value is -2.78. The van der Waals surface area contributed by atoms with Crippen molar-refractivity contribution in [2.75, 3.05) is 11.9 Å². The highest BCUT2D eigenvalue weighted by Crippen LogP contribution is 2.17. The average molecular weight is 287 g/mol. The average Bonchev–Trinajstić information content (AvgIpc) is 2.49. The number of benzene rings is 1. The summed E-state index contributed by atoms with van der Waals surface area (Å²) in [6.07, 6.45) is 2.81. The molecule has 6 heteroatoms. The molecule has 0 aliphatic carbocycles. The number of pyridine rings is 1. The van der Waals surface area contributed by atoms with Crippen molar-refractivity contribution in [3.63, 3.8) is 0 Å². The number of rotatable bonds is 2. The lowest BCUT2D eigenvalue weighted by Gasteiger charge is -2.07. The summed E-state index contributed by atoms with van der Waals surface area (Å²) in [5, 5.41) is 2.30. The van der Waals surface area contributed by atoms with Gasteiger partial charge in [0.1, 0.15) is 11.6 Å². The molecule has 4 nitrogen and oxygen atoms in total. The first kappa shape index (κ1) is 14.6. The second-order valence-corrected chi connectivity index (χ2v) is 4.01. The van der Waals surface area contributed by atoms with Gasteiger partial charge in [0.2, 0.25) is 0 Å². The number of amides is 1. The number of hydrogen-bond acceptors (Lipinski definition) is 3. The molecule has 2 aromatic rings. The first-order valence-electron chi connectivity index (χ1n) is 6.01. The fourth-order valence-electron chi connectivity index (χ4n) is 1.62. The van der Waals surface area contributed by atoms with Crippen molar-refractivity contribution < 1.29 is 13.6 Å². The molecule has 3 N–H and O–H groups in total. The van der Waals surface area contributed by atoms with Gasteiger partial charge in [-0.05, 0) is 18.2 Å². The van der Waals surface area contributed by atoms with E-state index in [0.29, 0.717) is 5.56 Å². The standard InChI is InChI=1S/C15H11F2N3O/c16-11-3-4-13(17)14(8-11)20-15(21)12-5-7-19-9-10(12)2-1-6-18/h3-5,7-9H,6,18H2,(H,20,21). The fourth-order valence-corrected chi connectivity index (χ4v) is 1.62. The van der Waals surface area contributed by atoms with Crippen molar-refractivity contribution in [3.05, 3.63) is 59.4 Å². The van der Waals surface area contributed by atoms with Crippen LogP contribution in [-0.4, -0.2) is 17.4 Å². The number of hydrogen-bond donors (Lipinski definition) is 2. The highest BCUT2D eigenvalue weighted by atomic mass is 19.1. The van der Waals surface area contributed by atoms with Gasteiger partial charge in [-0.1, -0.05) is 11.8 Å². The number of nitrogens with one attached hydrogen (secondary N) is 1. The van der Waals surface area contributed by atoms with E-state index >= 15 is 0 Å². The molecule has 0 spiro atoms. The maximum absolute atomic E-state index is 13.5. The number of halogens is 2. The van der Waals surface area contributed by atoms with Crippen LogP contribution in [0, 0.1) is 23.5 Å². The zero-order valence-corrected chi connectivity index (χ0v) is 10.9. The number of anilines is 1. The monoisotopic (exact) mass is 287 g/mol. The summed E-state index contributed by atoms with van der Waals surface area (Å²) in [4.78, 5) is 16.0. The summed E-state index contributed by atoms with van der Waals surface area (Å²) in [5.41, 5.74) is 5.60. The van der Waals surface area contributed by atoms with Crippen molar-refractivity contribution in [2.45, 2.75) is 0 Å². The lowest BCUT2D eigenvalue weighted by Crippen LogP contribution is -2.15. The summed E-state index contributed by atoms with van der Waals surface area (Å²) in [5.74, 6) is 3.32. The van der Waals surface area contributed by atoms with Gasteiger partial charge in [0.05, 0.1) is 23.4 Å². The highest BCUT2D eigenvalue weighted by molar-refractivity contribution is 6.05. The molecule has 0 aliphatic heterocycles.